The Morgan fingerprint density at radius 2 is 1.77 bits per heavy atom. The zero-order valence-electron chi connectivity index (χ0n) is 16.2. The van der Waals surface area contributed by atoms with Gasteiger partial charge in [0.25, 0.3) is 5.69 Å². The zero-order chi connectivity index (χ0) is 21.3. The first-order valence-corrected chi connectivity index (χ1v) is 10.9. The minimum Gasteiger partial charge on any atom is -0.355 e. The number of nitrogens with zero attached hydrogens (tertiary/aromatic N) is 2. The van der Waals surface area contributed by atoms with Gasteiger partial charge in [-0.15, -0.1) is 24.0 Å². The predicted molar refractivity (Wildman–Crippen MR) is 129 cm³/mol. The van der Waals surface area contributed by atoms with Gasteiger partial charge in [-0.3, -0.25) is 10.1 Å². The number of sulfonamides is 1. The molecule has 0 atom stereocenters. The molecule has 0 heterocycles. The molecule has 2 rings (SSSR count). The minimum atomic E-state index is -3.27. The zero-order valence-corrected chi connectivity index (χ0v) is 20.1. The van der Waals surface area contributed by atoms with E-state index in [1.165, 1.54) is 12.1 Å². The first kappa shape index (κ1) is 26.1. The predicted octanol–water partition coefficient (Wildman–Crippen LogP) is 2.65. The van der Waals surface area contributed by atoms with Gasteiger partial charge in [0.1, 0.15) is 0 Å². The number of nitro benzene ring substituents is 1. The normalized spacial score (nSPS) is 11.5. The van der Waals surface area contributed by atoms with E-state index in [-0.39, 0.29) is 42.8 Å². The molecule has 0 amide bonds. The SMILES string of the molecule is CS(=O)(=O)NCCNC(=NCc1ccc([N+](=O)[O-])cc1)NCc1ccccc1Cl.I. The largest absolute Gasteiger partial charge is 0.355 e. The third-order valence-electron chi connectivity index (χ3n) is 3.75. The van der Waals surface area contributed by atoms with Gasteiger partial charge < -0.3 is 10.6 Å². The molecular weight excluding hydrogens is 545 g/mol. The monoisotopic (exact) mass is 567 g/mol. The number of halogens is 2. The fourth-order valence-corrected chi connectivity index (χ4v) is 2.98. The third kappa shape index (κ3) is 9.69. The first-order valence-electron chi connectivity index (χ1n) is 8.68. The number of nitrogens with one attached hydrogen (secondary N) is 3. The first-order chi connectivity index (χ1) is 13.7. The third-order valence-corrected chi connectivity index (χ3v) is 4.85. The Morgan fingerprint density at radius 1 is 1.10 bits per heavy atom. The van der Waals surface area contributed by atoms with Gasteiger partial charge in [0.15, 0.2) is 5.96 Å². The molecule has 0 unspecified atom stereocenters. The van der Waals surface area contributed by atoms with E-state index in [0.717, 1.165) is 17.4 Å². The van der Waals surface area contributed by atoms with Gasteiger partial charge >= 0.3 is 0 Å². The summed E-state index contributed by atoms with van der Waals surface area (Å²) in [6.07, 6.45) is 1.09. The number of hydrogen-bond acceptors (Lipinski definition) is 5. The van der Waals surface area contributed by atoms with E-state index in [2.05, 4.69) is 20.3 Å². The maximum absolute atomic E-state index is 11.2. The van der Waals surface area contributed by atoms with E-state index in [1.54, 1.807) is 18.2 Å². The molecule has 0 bridgehead atoms. The molecule has 2 aromatic rings. The van der Waals surface area contributed by atoms with Crippen molar-refractivity contribution in [2.75, 3.05) is 19.3 Å². The van der Waals surface area contributed by atoms with Gasteiger partial charge in [-0.1, -0.05) is 41.9 Å². The molecule has 30 heavy (non-hydrogen) atoms. The van der Waals surface area contributed by atoms with Crippen LogP contribution in [0.15, 0.2) is 53.5 Å². The summed E-state index contributed by atoms with van der Waals surface area (Å²) in [5.74, 6) is 0.457. The Kier molecular flexibility index (Phi) is 11.0. The average molecular weight is 568 g/mol. The van der Waals surface area contributed by atoms with E-state index in [1.807, 2.05) is 18.2 Å². The Bertz CT molecular complexity index is 971. The molecule has 0 aromatic heterocycles. The smallest absolute Gasteiger partial charge is 0.269 e. The number of aliphatic imine (C=N–C) groups is 1. The number of guanidine groups is 1. The molecule has 2 aromatic carbocycles. The van der Waals surface area contributed by atoms with Crippen LogP contribution >= 0.6 is 35.6 Å². The summed E-state index contributed by atoms with van der Waals surface area (Å²) in [6, 6.07) is 13.5. The van der Waals surface area contributed by atoms with Crippen molar-refractivity contribution >= 4 is 57.2 Å². The highest BCUT2D eigenvalue weighted by molar-refractivity contribution is 14.0. The summed E-state index contributed by atoms with van der Waals surface area (Å²) < 4.78 is 24.7. The van der Waals surface area contributed by atoms with Crippen molar-refractivity contribution in [3.8, 4) is 0 Å². The van der Waals surface area contributed by atoms with Crippen LogP contribution in [0.5, 0.6) is 0 Å². The van der Waals surface area contributed by atoms with Crippen molar-refractivity contribution in [2.24, 2.45) is 4.99 Å². The van der Waals surface area contributed by atoms with E-state index >= 15 is 0 Å². The van der Waals surface area contributed by atoms with Gasteiger partial charge in [-0.05, 0) is 17.2 Å². The Balaban J connectivity index is 0.00000450. The number of benzene rings is 2. The maximum Gasteiger partial charge on any atom is 0.269 e. The van der Waals surface area contributed by atoms with Crippen molar-refractivity contribution in [3.05, 3.63) is 74.8 Å². The van der Waals surface area contributed by atoms with E-state index in [4.69, 9.17) is 11.6 Å². The summed E-state index contributed by atoms with van der Waals surface area (Å²) in [4.78, 5) is 14.7. The summed E-state index contributed by atoms with van der Waals surface area (Å²) in [5, 5.41) is 17.5. The van der Waals surface area contributed by atoms with Crippen molar-refractivity contribution < 1.29 is 13.3 Å². The van der Waals surface area contributed by atoms with Crippen LogP contribution < -0.4 is 15.4 Å². The van der Waals surface area contributed by atoms with Crippen LogP contribution in [0.25, 0.3) is 0 Å². The Morgan fingerprint density at radius 3 is 2.37 bits per heavy atom. The van der Waals surface area contributed by atoms with Crippen LogP contribution in [0.2, 0.25) is 5.02 Å². The standard InChI is InChI=1S/C18H22ClN5O4S.HI/c1-29(27,28)23-11-10-20-18(22-13-15-4-2-3-5-17(15)19)21-12-14-6-8-16(9-7-14)24(25)26;/h2-9,23H,10-13H2,1H3,(H2,20,21,22);1H. The summed E-state index contributed by atoms with van der Waals surface area (Å²) in [7, 11) is -3.27. The fraction of sp³-hybridized carbons (Fsp3) is 0.278. The van der Waals surface area contributed by atoms with Crippen LogP contribution in [0, 0.1) is 10.1 Å². The highest BCUT2D eigenvalue weighted by atomic mass is 127. The van der Waals surface area contributed by atoms with Crippen molar-refractivity contribution in [1.82, 2.24) is 15.4 Å². The molecule has 3 N–H and O–H groups in total. The van der Waals surface area contributed by atoms with Crippen LogP contribution in [0.3, 0.4) is 0 Å². The van der Waals surface area contributed by atoms with Crippen LogP contribution in [0.1, 0.15) is 11.1 Å². The van der Waals surface area contributed by atoms with Gasteiger partial charge in [-0.25, -0.2) is 18.1 Å². The minimum absolute atomic E-state index is 0. The number of nitro groups is 1. The molecular formula is C18H23ClIN5O4S. The number of rotatable bonds is 9. The quantitative estimate of drug-likeness (QED) is 0.107. The lowest BCUT2D eigenvalue weighted by molar-refractivity contribution is -0.384. The molecule has 9 nitrogen and oxygen atoms in total. The lowest BCUT2D eigenvalue weighted by Crippen LogP contribution is -2.41. The van der Waals surface area contributed by atoms with Gasteiger partial charge in [-0.2, -0.15) is 0 Å². The van der Waals surface area contributed by atoms with E-state index < -0.39 is 14.9 Å². The number of hydrogen-bond donors (Lipinski definition) is 3. The van der Waals surface area contributed by atoms with E-state index in [0.29, 0.717) is 24.1 Å². The van der Waals surface area contributed by atoms with Crippen molar-refractivity contribution in [1.29, 1.82) is 0 Å². The second-order valence-corrected chi connectivity index (χ2v) is 8.37. The average Bonchev–Trinajstić information content (AvgIpc) is 2.67. The summed E-state index contributed by atoms with van der Waals surface area (Å²) >= 11 is 6.17. The van der Waals surface area contributed by atoms with Gasteiger partial charge in [0.2, 0.25) is 10.0 Å². The second kappa shape index (κ2) is 12.7. The van der Waals surface area contributed by atoms with Crippen molar-refractivity contribution in [2.45, 2.75) is 13.1 Å². The molecule has 0 aliphatic carbocycles. The molecule has 0 aliphatic heterocycles. The lowest BCUT2D eigenvalue weighted by atomic mass is 10.2. The molecule has 164 valence electrons. The summed E-state index contributed by atoms with van der Waals surface area (Å²) in [6.45, 7) is 1.23. The van der Waals surface area contributed by atoms with Gasteiger partial charge in [0.05, 0.1) is 17.7 Å². The van der Waals surface area contributed by atoms with Crippen molar-refractivity contribution in [3.63, 3.8) is 0 Å². The molecule has 0 saturated carbocycles. The van der Waals surface area contributed by atoms with Crippen LogP contribution in [-0.4, -0.2) is 38.6 Å². The Hall–Kier alpha value is -1.96. The molecule has 0 radical (unpaired) electrons. The topological polar surface area (TPSA) is 126 Å². The maximum atomic E-state index is 11.2. The molecule has 12 heteroatoms. The second-order valence-electron chi connectivity index (χ2n) is 6.13. The van der Waals surface area contributed by atoms with Gasteiger partial charge in [0, 0.05) is 36.8 Å². The fourth-order valence-electron chi connectivity index (χ4n) is 2.31. The molecule has 0 aliphatic rings. The molecule has 0 fully saturated rings. The van der Waals surface area contributed by atoms with Crippen LogP contribution in [-0.2, 0) is 23.1 Å². The highest BCUT2D eigenvalue weighted by Crippen LogP contribution is 2.14. The Labute approximate surface area is 197 Å². The van der Waals surface area contributed by atoms with E-state index in [9.17, 15) is 18.5 Å². The number of non-ortho nitro benzene ring substituents is 1. The lowest BCUT2D eigenvalue weighted by Gasteiger charge is -2.13. The summed E-state index contributed by atoms with van der Waals surface area (Å²) in [5.41, 5.74) is 1.69. The molecule has 0 saturated heterocycles. The highest BCUT2D eigenvalue weighted by Gasteiger charge is 2.06. The van der Waals surface area contributed by atoms with Crippen LogP contribution in [0.4, 0.5) is 5.69 Å². The molecule has 0 spiro atoms.